The number of nitrogens with zero attached hydrogens (tertiary/aromatic N) is 1. The molecule has 0 radical (unpaired) electrons. The van der Waals surface area contributed by atoms with Crippen LogP contribution >= 0.6 is 0 Å². The van der Waals surface area contributed by atoms with Gasteiger partial charge in [0.1, 0.15) is 0 Å². The first-order valence-corrected chi connectivity index (χ1v) is 19.5. The molecular weight excluding hydrogens is 675 g/mol. The van der Waals surface area contributed by atoms with Gasteiger partial charge >= 0.3 is 0 Å². The van der Waals surface area contributed by atoms with Gasteiger partial charge in [-0.25, -0.2) is 0 Å². The maximum atomic E-state index is 2.46. The minimum absolute atomic E-state index is 0.936. The summed E-state index contributed by atoms with van der Waals surface area (Å²) in [6.07, 6.45) is 10.1. The van der Waals surface area contributed by atoms with Crippen molar-refractivity contribution >= 4 is 83.1 Å². The van der Waals surface area contributed by atoms with Gasteiger partial charge < -0.3 is 4.90 Å². The summed E-state index contributed by atoms with van der Waals surface area (Å²) in [7, 11) is 0. The molecule has 0 fully saturated rings. The Bertz CT molecular complexity index is 3150. The van der Waals surface area contributed by atoms with Gasteiger partial charge in [-0.2, -0.15) is 0 Å². The summed E-state index contributed by atoms with van der Waals surface area (Å²) >= 11 is 0. The Morgan fingerprint density at radius 2 is 0.750 bits per heavy atom. The second kappa shape index (κ2) is 13.3. The molecule has 0 amide bonds. The van der Waals surface area contributed by atoms with Crippen molar-refractivity contribution in [2.75, 3.05) is 4.90 Å². The zero-order valence-corrected chi connectivity index (χ0v) is 30.9. The summed E-state index contributed by atoms with van der Waals surface area (Å²) in [6.45, 7) is 0. The van der Waals surface area contributed by atoms with Gasteiger partial charge in [0, 0.05) is 22.1 Å². The molecule has 1 heteroatoms. The Hall–Kier alpha value is -7.22. The quantitative estimate of drug-likeness (QED) is 0.127. The fourth-order valence-electron chi connectivity index (χ4n) is 8.95. The van der Waals surface area contributed by atoms with E-state index >= 15 is 0 Å². The molecule has 0 heterocycles. The Balaban J connectivity index is 1.10. The monoisotopic (exact) mass is 711 g/mol. The largest absolute Gasteiger partial charge is 0.309 e. The first-order valence-electron chi connectivity index (χ1n) is 19.5. The minimum Gasteiger partial charge on any atom is -0.309 e. The van der Waals surface area contributed by atoms with E-state index in [1.165, 1.54) is 92.9 Å². The topological polar surface area (TPSA) is 3.24 Å². The average molecular weight is 712 g/mol. The summed E-state index contributed by atoms with van der Waals surface area (Å²) in [5.41, 5.74) is 10.9. The zero-order valence-electron chi connectivity index (χ0n) is 30.9. The highest BCUT2D eigenvalue weighted by Gasteiger charge is 2.20. The molecule has 0 aromatic heterocycles. The molecule has 0 saturated carbocycles. The first kappa shape index (κ1) is 32.2. The van der Waals surface area contributed by atoms with Gasteiger partial charge in [0.15, 0.2) is 0 Å². The standard InChI is InChI=1S/C55H37N/c1-2-22-49-45-18-8-4-16-41(45)35-53(51(49)23-3-1)37-26-30-43(31-27-37)56(55-47-20-10-6-14-39(47)34-40-15-7-11-21-48(40)55)44-32-28-38(29-33-44)54-36-42-17-5-9-19-46(42)50-24-12-13-25-52(50)54/h2-36H,1H2. The Kier molecular flexibility index (Phi) is 7.64. The summed E-state index contributed by atoms with van der Waals surface area (Å²) in [6, 6.07) is 69.2. The van der Waals surface area contributed by atoms with Crippen LogP contribution in [0.1, 0.15) is 17.5 Å². The van der Waals surface area contributed by atoms with E-state index in [-0.39, 0.29) is 0 Å². The Morgan fingerprint density at radius 1 is 0.321 bits per heavy atom. The molecule has 10 aromatic carbocycles. The summed E-state index contributed by atoms with van der Waals surface area (Å²) < 4.78 is 0. The summed E-state index contributed by atoms with van der Waals surface area (Å²) in [4.78, 5) is 2.46. The van der Waals surface area contributed by atoms with Crippen LogP contribution in [-0.2, 0) is 0 Å². The lowest BCUT2D eigenvalue weighted by Crippen LogP contribution is -2.11. The smallest absolute Gasteiger partial charge is 0.0618 e. The molecule has 56 heavy (non-hydrogen) atoms. The molecule has 10 aromatic rings. The molecule has 0 aliphatic heterocycles. The number of hydrogen-bond donors (Lipinski definition) is 0. The first-order chi connectivity index (χ1) is 27.8. The predicted molar refractivity (Wildman–Crippen MR) is 242 cm³/mol. The molecule has 262 valence electrons. The van der Waals surface area contributed by atoms with Crippen molar-refractivity contribution in [1.29, 1.82) is 0 Å². The van der Waals surface area contributed by atoms with E-state index in [1.807, 2.05) is 0 Å². The molecule has 1 aliphatic carbocycles. The second-order valence-corrected chi connectivity index (χ2v) is 14.8. The maximum absolute atomic E-state index is 2.46. The van der Waals surface area contributed by atoms with Crippen LogP contribution in [0.15, 0.2) is 200 Å². The zero-order chi connectivity index (χ0) is 37.0. The van der Waals surface area contributed by atoms with Crippen LogP contribution < -0.4 is 4.90 Å². The van der Waals surface area contributed by atoms with E-state index in [1.54, 1.807) is 0 Å². The molecule has 0 atom stereocenters. The third-order valence-electron chi connectivity index (χ3n) is 11.6. The molecule has 1 nitrogen and oxygen atoms in total. The number of hydrogen-bond acceptors (Lipinski definition) is 1. The van der Waals surface area contributed by atoms with E-state index in [4.69, 9.17) is 0 Å². The molecular formula is C55H37N. The summed E-state index contributed by atoms with van der Waals surface area (Å²) in [5.74, 6) is 0. The second-order valence-electron chi connectivity index (χ2n) is 14.8. The van der Waals surface area contributed by atoms with Crippen LogP contribution in [0, 0.1) is 0 Å². The van der Waals surface area contributed by atoms with Crippen LogP contribution in [0.5, 0.6) is 0 Å². The van der Waals surface area contributed by atoms with E-state index in [2.05, 4.69) is 217 Å². The van der Waals surface area contributed by atoms with Crippen molar-refractivity contribution in [2.45, 2.75) is 6.42 Å². The van der Waals surface area contributed by atoms with E-state index in [0.29, 0.717) is 0 Å². The van der Waals surface area contributed by atoms with Crippen LogP contribution in [0.3, 0.4) is 0 Å². The highest BCUT2D eigenvalue weighted by molar-refractivity contribution is 6.15. The summed E-state index contributed by atoms with van der Waals surface area (Å²) in [5, 5.41) is 12.5. The van der Waals surface area contributed by atoms with Gasteiger partial charge in [0.05, 0.1) is 5.69 Å². The Labute approximate surface area is 326 Å². The van der Waals surface area contributed by atoms with E-state index in [9.17, 15) is 0 Å². The predicted octanol–water partition coefficient (Wildman–Crippen LogP) is 15.7. The van der Waals surface area contributed by atoms with Crippen molar-refractivity contribution in [1.82, 2.24) is 0 Å². The molecule has 0 spiro atoms. The number of allylic oxidation sites excluding steroid dienone is 2. The molecule has 1 aliphatic rings. The molecule has 0 N–H and O–H groups in total. The normalized spacial score (nSPS) is 12.4. The minimum atomic E-state index is 0.936. The molecule has 0 saturated heterocycles. The van der Waals surface area contributed by atoms with Gasteiger partial charge in [-0.15, -0.1) is 0 Å². The van der Waals surface area contributed by atoms with Crippen LogP contribution in [0.25, 0.3) is 88.3 Å². The van der Waals surface area contributed by atoms with Crippen molar-refractivity contribution in [3.05, 3.63) is 211 Å². The SMILES string of the molecule is C1=Cc2c(-c3ccc(N(c4ccc(-c5cc6ccccc6c6ccccc56)cc4)c4c5ccccc5cc5ccccc45)cc3)cc3ccccc3c2C=CC1. The fraction of sp³-hybridized carbons (Fsp3) is 0.0182. The highest BCUT2D eigenvalue weighted by atomic mass is 15.1. The lowest BCUT2D eigenvalue weighted by molar-refractivity contribution is 1.31. The van der Waals surface area contributed by atoms with Crippen molar-refractivity contribution in [2.24, 2.45) is 0 Å². The van der Waals surface area contributed by atoms with Crippen LogP contribution in [-0.4, -0.2) is 0 Å². The van der Waals surface area contributed by atoms with Crippen LogP contribution in [0.4, 0.5) is 17.1 Å². The Morgan fingerprint density at radius 3 is 1.36 bits per heavy atom. The van der Waals surface area contributed by atoms with Gasteiger partial charge in [-0.1, -0.05) is 170 Å². The van der Waals surface area contributed by atoms with Crippen LogP contribution in [0.2, 0.25) is 0 Å². The number of anilines is 3. The van der Waals surface area contributed by atoms with Gasteiger partial charge in [-0.05, 0) is 125 Å². The lowest BCUT2D eigenvalue weighted by Gasteiger charge is -2.29. The van der Waals surface area contributed by atoms with Gasteiger partial charge in [-0.3, -0.25) is 0 Å². The number of fused-ring (bicyclic) bond motifs is 8. The molecule has 0 unspecified atom stereocenters. The van der Waals surface area contributed by atoms with Crippen molar-refractivity contribution in [3.63, 3.8) is 0 Å². The highest BCUT2D eigenvalue weighted by Crippen LogP contribution is 2.46. The van der Waals surface area contributed by atoms with Crippen molar-refractivity contribution < 1.29 is 0 Å². The van der Waals surface area contributed by atoms with Crippen molar-refractivity contribution in [3.8, 4) is 22.3 Å². The third kappa shape index (κ3) is 5.32. The van der Waals surface area contributed by atoms with E-state index in [0.717, 1.165) is 17.8 Å². The van der Waals surface area contributed by atoms with Gasteiger partial charge in [0.2, 0.25) is 0 Å². The van der Waals surface area contributed by atoms with E-state index < -0.39 is 0 Å². The molecule has 0 bridgehead atoms. The average Bonchev–Trinajstić information content (AvgIpc) is 3.53. The fourth-order valence-corrected chi connectivity index (χ4v) is 8.95. The lowest BCUT2D eigenvalue weighted by atomic mass is 9.90. The number of rotatable bonds is 5. The van der Waals surface area contributed by atoms with Gasteiger partial charge in [0.25, 0.3) is 0 Å². The molecule has 11 rings (SSSR count). The third-order valence-corrected chi connectivity index (χ3v) is 11.6. The maximum Gasteiger partial charge on any atom is 0.0618 e. The number of benzene rings is 10.